The van der Waals surface area contributed by atoms with Crippen molar-refractivity contribution in [1.82, 2.24) is 14.5 Å². The van der Waals surface area contributed by atoms with Crippen molar-refractivity contribution >= 4 is 26.5 Å². The van der Waals surface area contributed by atoms with E-state index in [0.29, 0.717) is 6.54 Å². The summed E-state index contributed by atoms with van der Waals surface area (Å²) < 4.78 is 25.5. The van der Waals surface area contributed by atoms with Crippen LogP contribution in [0.25, 0.3) is 0 Å². The smallest absolute Gasteiger partial charge is 0.272 e. The molecule has 0 spiro atoms. The van der Waals surface area contributed by atoms with Gasteiger partial charge in [0.1, 0.15) is 0 Å². The van der Waals surface area contributed by atoms with Crippen LogP contribution in [0.3, 0.4) is 0 Å². The standard InChI is InChI=1S/C7H12N4O2S2/c1-5-3-2-4-11(5)15(12,13)7-10-9-6(8)14-7/h5H,2-4H2,1H3,(H2,8,9). The third kappa shape index (κ3) is 1.84. The van der Waals surface area contributed by atoms with Crippen LogP contribution in [0.15, 0.2) is 4.34 Å². The van der Waals surface area contributed by atoms with E-state index < -0.39 is 10.0 Å². The highest BCUT2D eigenvalue weighted by Gasteiger charge is 2.34. The average molecular weight is 248 g/mol. The van der Waals surface area contributed by atoms with Crippen LogP contribution >= 0.6 is 11.3 Å². The summed E-state index contributed by atoms with van der Waals surface area (Å²) in [6, 6.07) is 0.0418. The van der Waals surface area contributed by atoms with Crippen LogP contribution in [0.4, 0.5) is 5.13 Å². The Kier molecular flexibility index (Phi) is 2.65. The third-order valence-electron chi connectivity index (χ3n) is 2.44. The van der Waals surface area contributed by atoms with Gasteiger partial charge in [-0.2, -0.15) is 4.31 Å². The van der Waals surface area contributed by atoms with E-state index in [2.05, 4.69) is 10.2 Å². The molecule has 15 heavy (non-hydrogen) atoms. The summed E-state index contributed by atoms with van der Waals surface area (Å²) in [7, 11) is -3.47. The zero-order valence-corrected chi connectivity index (χ0v) is 9.88. The minimum atomic E-state index is -3.47. The fraction of sp³-hybridized carbons (Fsp3) is 0.714. The number of aromatic nitrogens is 2. The summed E-state index contributed by atoms with van der Waals surface area (Å²) in [5.74, 6) is 0. The van der Waals surface area contributed by atoms with Crippen molar-refractivity contribution in [3.05, 3.63) is 0 Å². The van der Waals surface area contributed by atoms with Crippen molar-refractivity contribution in [2.75, 3.05) is 12.3 Å². The summed E-state index contributed by atoms with van der Waals surface area (Å²) in [6.07, 6.45) is 1.79. The van der Waals surface area contributed by atoms with E-state index in [1.807, 2.05) is 6.92 Å². The van der Waals surface area contributed by atoms with Crippen molar-refractivity contribution in [3.8, 4) is 0 Å². The van der Waals surface area contributed by atoms with Crippen molar-refractivity contribution in [3.63, 3.8) is 0 Å². The molecule has 1 aromatic rings. The Balaban J connectivity index is 2.34. The lowest BCUT2D eigenvalue weighted by molar-refractivity contribution is 0.407. The lowest BCUT2D eigenvalue weighted by atomic mass is 10.3. The Bertz CT molecular complexity index is 455. The fourth-order valence-corrected chi connectivity index (χ4v) is 4.29. The molecule has 2 N–H and O–H groups in total. The molecule has 1 saturated heterocycles. The second kappa shape index (κ2) is 3.69. The third-order valence-corrected chi connectivity index (χ3v) is 5.56. The first-order valence-electron chi connectivity index (χ1n) is 4.62. The number of hydrogen-bond acceptors (Lipinski definition) is 6. The van der Waals surface area contributed by atoms with Gasteiger partial charge >= 0.3 is 0 Å². The highest BCUT2D eigenvalue weighted by atomic mass is 32.2. The summed E-state index contributed by atoms with van der Waals surface area (Å²) in [5, 5.41) is 7.28. The van der Waals surface area contributed by atoms with Crippen molar-refractivity contribution in [1.29, 1.82) is 0 Å². The number of nitrogens with zero attached hydrogens (tertiary/aromatic N) is 3. The van der Waals surface area contributed by atoms with Crippen LogP contribution in [0.1, 0.15) is 19.8 Å². The van der Waals surface area contributed by atoms with Crippen molar-refractivity contribution in [2.45, 2.75) is 30.1 Å². The minimum Gasteiger partial charge on any atom is -0.374 e. The molecular formula is C7H12N4O2S2. The SMILES string of the molecule is CC1CCCN1S(=O)(=O)c1nnc(N)s1. The normalized spacial score (nSPS) is 23.4. The molecule has 1 aliphatic heterocycles. The second-order valence-corrected chi connectivity index (χ2v) is 6.59. The first-order valence-corrected chi connectivity index (χ1v) is 6.88. The molecule has 0 bridgehead atoms. The van der Waals surface area contributed by atoms with Gasteiger partial charge in [0.05, 0.1) is 0 Å². The van der Waals surface area contributed by atoms with Crippen molar-refractivity contribution < 1.29 is 8.42 Å². The lowest BCUT2D eigenvalue weighted by Gasteiger charge is -2.18. The van der Waals surface area contributed by atoms with Crippen LogP contribution < -0.4 is 5.73 Å². The van der Waals surface area contributed by atoms with Gasteiger partial charge in [-0.15, -0.1) is 10.2 Å². The van der Waals surface area contributed by atoms with E-state index >= 15 is 0 Å². The van der Waals surface area contributed by atoms with E-state index in [-0.39, 0.29) is 15.5 Å². The van der Waals surface area contributed by atoms with Gasteiger partial charge in [-0.3, -0.25) is 0 Å². The largest absolute Gasteiger partial charge is 0.374 e. The molecule has 6 nitrogen and oxygen atoms in total. The number of anilines is 1. The maximum atomic E-state index is 12.0. The predicted molar refractivity (Wildman–Crippen MR) is 56.9 cm³/mol. The van der Waals surface area contributed by atoms with Crippen LogP contribution in [0.5, 0.6) is 0 Å². The highest BCUT2D eigenvalue weighted by molar-refractivity contribution is 7.91. The number of nitrogen functional groups attached to an aromatic ring is 1. The van der Waals surface area contributed by atoms with Gasteiger partial charge in [0.25, 0.3) is 10.0 Å². The zero-order valence-electron chi connectivity index (χ0n) is 8.25. The maximum Gasteiger partial charge on any atom is 0.272 e. The minimum absolute atomic E-state index is 0.00579. The Hall–Kier alpha value is -0.730. The molecule has 1 aromatic heterocycles. The lowest BCUT2D eigenvalue weighted by Crippen LogP contribution is -2.33. The molecule has 1 unspecified atom stereocenters. The Labute approximate surface area is 92.2 Å². The van der Waals surface area contributed by atoms with Gasteiger partial charge in [0.2, 0.25) is 9.47 Å². The first kappa shape index (κ1) is 10.8. The molecule has 84 valence electrons. The number of rotatable bonds is 2. The molecule has 0 saturated carbocycles. The average Bonchev–Trinajstić information content (AvgIpc) is 2.74. The molecular weight excluding hydrogens is 236 g/mol. The van der Waals surface area contributed by atoms with Crippen LogP contribution in [-0.2, 0) is 10.0 Å². The van der Waals surface area contributed by atoms with E-state index in [9.17, 15) is 8.42 Å². The monoisotopic (exact) mass is 248 g/mol. The number of nitrogens with two attached hydrogens (primary N) is 1. The molecule has 0 aromatic carbocycles. The quantitative estimate of drug-likeness (QED) is 0.812. The molecule has 2 heterocycles. The van der Waals surface area contributed by atoms with Gasteiger partial charge in [-0.25, -0.2) is 8.42 Å². The van der Waals surface area contributed by atoms with Gasteiger partial charge < -0.3 is 5.73 Å². The molecule has 0 aliphatic carbocycles. The Morgan fingerprint density at radius 2 is 2.27 bits per heavy atom. The van der Waals surface area contributed by atoms with Gasteiger partial charge in [-0.05, 0) is 19.8 Å². The van der Waals surface area contributed by atoms with Crippen molar-refractivity contribution in [2.24, 2.45) is 0 Å². The molecule has 2 rings (SSSR count). The fourth-order valence-electron chi connectivity index (χ4n) is 1.69. The Morgan fingerprint density at radius 1 is 1.53 bits per heavy atom. The van der Waals surface area contributed by atoms with Crippen LogP contribution in [0.2, 0.25) is 0 Å². The summed E-state index contributed by atoms with van der Waals surface area (Å²) in [6.45, 7) is 2.46. The highest BCUT2D eigenvalue weighted by Crippen LogP contribution is 2.27. The first-order chi connectivity index (χ1) is 7.01. The van der Waals surface area contributed by atoms with E-state index in [1.54, 1.807) is 0 Å². The predicted octanol–water partition coefficient (Wildman–Crippen LogP) is 0.293. The molecule has 0 radical (unpaired) electrons. The molecule has 0 amide bonds. The second-order valence-electron chi connectivity index (χ2n) is 3.51. The summed E-state index contributed by atoms with van der Waals surface area (Å²) >= 11 is 0.909. The molecule has 1 atom stereocenters. The van der Waals surface area contributed by atoms with Crippen LogP contribution in [0, 0.1) is 0 Å². The number of hydrogen-bond donors (Lipinski definition) is 1. The number of sulfonamides is 1. The van der Waals surface area contributed by atoms with E-state index in [1.165, 1.54) is 4.31 Å². The molecule has 1 fully saturated rings. The van der Waals surface area contributed by atoms with Gasteiger partial charge in [0, 0.05) is 12.6 Å². The zero-order chi connectivity index (χ0) is 11.1. The van der Waals surface area contributed by atoms with E-state index in [4.69, 9.17) is 5.73 Å². The molecule has 1 aliphatic rings. The van der Waals surface area contributed by atoms with E-state index in [0.717, 1.165) is 24.2 Å². The summed E-state index contributed by atoms with van der Waals surface area (Å²) in [5.41, 5.74) is 5.37. The molecule has 8 heteroatoms. The summed E-state index contributed by atoms with van der Waals surface area (Å²) in [4.78, 5) is 0. The van der Waals surface area contributed by atoms with Crippen LogP contribution in [-0.4, -0.2) is 35.5 Å². The Morgan fingerprint density at radius 3 is 2.73 bits per heavy atom. The maximum absolute atomic E-state index is 12.0. The topological polar surface area (TPSA) is 89.2 Å². The van der Waals surface area contributed by atoms with Gasteiger partial charge in [0.15, 0.2) is 0 Å². The van der Waals surface area contributed by atoms with Gasteiger partial charge in [-0.1, -0.05) is 11.3 Å².